The molecule has 136 valence electrons. The number of hydrogen-bond acceptors (Lipinski definition) is 5. The van der Waals surface area contributed by atoms with Gasteiger partial charge < -0.3 is 9.14 Å². The average molecular weight is 378 g/mol. The van der Waals surface area contributed by atoms with E-state index in [1.165, 1.54) is 16.9 Å². The van der Waals surface area contributed by atoms with Gasteiger partial charge in [0.2, 0.25) is 0 Å². The number of rotatable bonds is 5. The Bertz CT molecular complexity index is 1100. The fraction of sp³-hybridized carbons (Fsp3) is 0.150. The number of carbonyl (C=O) groups is 1. The molecule has 6 nitrogen and oxygen atoms in total. The molecule has 27 heavy (non-hydrogen) atoms. The molecule has 0 spiro atoms. The van der Waals surface area contributed by atoms with Crippen molar-refractivity contribution in [1.29, 1.82) is 0 Å². The fourth-order valence-corrected chi connectivity index (χ4v) is 3.33. The molecule has 3 heterocycles. The quantitative estimate of drug-likeness (QED) is 0.564. The lowest BCUT2D eigenvalue weighted by Gasteiger charge is -2.06. The molecule has 7 heteroatoms. The SMILES string of the molecule is Cc1ccc2nc(COc3ccc(C(=O)Nc4ncc(C)s4)cc3)cn2c1. The van der Waals surface area contributed by atoms with Crippen molar-refractivity contribution >= 4 is 28.0 Å². The second-order valence-corrected chi connectivity index (χ2v) is 7.48. The van der Waals surface area contributed by atoms with Crippen LogP contribution in [-0.4, -0.2) is 20.3 Å². The molecule has 1 amide bonds. The van der Waals surface area contributed by atoms with Gasteiger partial charge >= 0.3 is 0 Å². The largest absolute Gasteiger partial charge is 0.487 e. The second-order valence-electron chi connectivity index (χ2n) is 6.25. The maximum atomic E-state index is 12.2. The molecule has 0 bridgehead atoms. The van der Waals surface area contributed by atoms with E-state index in [1.807, 2.05) is 42.8 Å². The number of benzene rings is 1. The third kappa shape index (κ3) is 3.98. The smallest absolute Gasteiger partial charge is 0.257 e. The van der Waals surface area contributed by atoms with Crippen LogP contribution in [-0.2, 0) is 6.61 Å². The number of amides is 1. The first-order chi connectivity index (χ1) is 13.1. The normalized spacial score (nSPS) is 10.9. The minimum absolute atomic E-state index is 0.188. The van der Waals surface area contributed by atoms with Gasteiger partial charge in [-0.15, -0.1) is 11.3 Å². The summed E-state index contributed by atoms with van der Waals surface area (Å²) < 4.78 is 7.78. The Morgan fingerprint density at radius 3 is 2.70 bits per heavy atom. The molecule has 0 saturated carbocycles. The van der Waals surface area contributed by atoms with Crippen LogP contribution in [0.1, 0.15) is 26.5 Å². The van der Waals surface area contributed by atoms with E-state index in [2.05, 4.69) is 15.3 Å². The van der Waals surface area contributed by atoms with Crippen LogP contribution >= 0.6 is 11.3 Å². The van der Waals surface area contributed by atoms with Crippen molar-refractivity contribution in [3.05, 3.63) is 76.7 Å². The number of ether oxygens (including phenoxy) is 1. The molecule has 0 aliphatic carbocycles. The summed E-state index contributed by atoms with van der Waals surface area (Å²) in [6.45, 7) is 4.36. The summed E-state index contributed by atoms with van der Waals surface area (Å²) >= 11 is 1.45. The van der Waals surface area contributed by atoms with Gasteiger partial charge in [0.05, 0.1) is 5.69 Å². The van der Waals surface area contributed by atoms with E-state index in [0.29, 0.717) is 23.1 Å². The van der Waals surface area contributed by atoms with E-state index in [0.717, 1.165) is 16.2 Å². The predicted octanol–water partition coefficient (Wildman–Crippen LogP) is 4.24. The zero-order valence-corrected chi connectivity index (χ0v) is 15.8. The molecular weight excluding hydrogens is 360 g/mol. The Labute approximate surface area is 160 Å². The molecule has 4 rings (SSSR count). The van der Waals surface area contributed by atoms with Gasteiger partial charge in [-0.05, 0) is 49.7 Å². The highest BCUT2D eigenvalue weighted by Crippen LogP contribution is 2.19. The van der Waals surface area contributed by atoms with Gasteiger partial charge in [0.25, 0.3) is 5.91 Å². The summed E-state index contributed by atoms with van der Waals surface area (Å²) in [4.78, 5) is 22.0. The highest BCUT2D eigenvalue weighted by Gasteiger charge is 2.09. The number of aromatic nitrogens is 3. The number of nitrogens with one attached hydrogen (secondary N) is 1. The van der Waals surface area contributed by atoms with E-state index in [4.69, 9.17) is 4.74 Å². The summed E-state index contributed by atoms with van der Waals surface area (Å²) in [5.41, 5.74) is 3.47. The van der Waals surface area contributed by atoms with E-state index in [1.54, 1.807) is 30.5 Å². The molecule has 1 aromatic carbocycles. The van der Waals surface area contributed by atoms with E-state index >= 15 is 0 Å². The summed E-state index contributed by atoms with van der Waals surface area (Å²) in [6.07, 6.45) is 5.72. The van der Waals surface area contributed by atoms with Gasteiger partial charge in [0, 0.05) is 29.0 Å². The highest BCUT2D eigenvalue weighted by atomic mass is 32.1. The zero-order valence-electron chi connectivity index (χ0n) is 15.0. The van der Waals surface area contributed by atoms with Gasteiger partial charge in [-0.3, -0.25) is 10.1 Å². The molecule has 0 radical (unpaired) electrons. The van der Waals surface area contributed by atoms with Crippen LogP contribution in [0, 0.1) is 13.8 Å². The monoisotopic (exact) mass is 378 g/mol. The predicted molar refractivity (Wildman–Crippen MR) is 106 cm³/mol. The van der Waals surface area contributed by atoms with Crippen molar-refractivity contribution in [2.75, 3.05) is 5.32 Å². The molecule has 0 atom stereocenters. The van der Waals surface area contributed by atoms with E-state index in [-0.39, 0.29) is 5.91 Å². The minimum Gasteiger partial charge on any atom is -0.487 e. The van der Waals surface area contributed by atoms with Gasteiger partial charge in [-0.25, -0.2) is 9.97 Å². The number of aryl methyl sites for hydroxylation is 2. The number of carbonyl (C=O) groups excluding carboxylic acids is 1. The Morgan fingerprint density at radius 1 is 1.15 bits per heavy atom. The molecular formula is C20H18N4O2S. The maximum absolute atomic E-state index is 12.2. The topological polar surface area (TPSA) is 68.5 Å². The van der Waals surface area contributed by atoms with Crippen LogP contribution in [0.5, 0.6) is 5.75 Å². The summed E-state index contributed by atoms with van der Waals surface area (Å²) in [5.74, 6) is 0.497. The maximum Gasteiger partial charge on any atom is 0.257 e. The van der Waals surface area contributed by atoms with E-state index in [9.17, 15) is 4.79 Å². The molecule has 4 aromatic rings. The number of nitrogens with zero attached hydrogens (tertiary/aromatic N) is 3. The summed E-state index contributed by atoms with van der Waals surface area (Å²) in [5, 5.41) is 3.39. The van der Waals surface area contributed by atoms with Crippen molar-refractivity contribution in [1.82, 2.24) is 14.4 Å². The average Bonchev–Trinajstić information content (AvgIpc) is 3.25. The number of pyridine rings is 1. The van der Waals surface area contributed by atoms with Gasteiger partial charge in [-0.1, -0.05) is 6.07 Å². The Morgan fingerprint density at radius 2 is 1.96 bits per heavy atom. The number of thiazole rings is 1. The van der Waals surface area contributed by atoms with Crippen LogP contribution < -0.4 is 10.1 Å². The Balaban J connectivity index is 1.38. The van der Waals surface area contributed by atoms with Crippen LogP contribution in [0.2, 0.25) is 0 Å². The second kappa shape index (κ2) is 7.20. The molecule has 0 aliphatic heterocycles. The zero-order chi connectivity index (χ0) is 18.8. The molecule has 0 unspecified atom stereocenters. The fourth-order valence-electron chi connectivity index (χ4n) is 2.67. The number of hydrogen-bond donors (Lipinski definition) is 1. The molecule has 0 fully saturated rings. The number of anilines is 1. The van der Waals surface area contributed by atoms with Crippen molar-refractivity contribution < 1.29 is 9.53 Å². The van der Waals surface area contributed by atoms with Crippen molar-refractivity contribution in [3.63, 3.8) is 0 Å². The first-order valence-corrected chi connectivity index (χ1v) is 9.29. The molecule has 1 N–H and O–H groups in total. The van der Waals surface area contributed by atoms with Crippen LogP contribution in [0.15, 0.2) is 55.0 Å². The molecule has 0 aliphatic rings. The number of fused-ring (bicyclic) bond motifs is 1. The lowest BCUT2D eigenvalue weighted by Crippen LogP contribution is -2.11. The third-order valence-corrected chi connectivity index (χ3v) is 4.82. The lowest BCUT2D eigenvalue weighted by molar-refractivity contribution is 0.102. The van der Waals surface area contributed by atoms with Crippen LogP contribution in [0.4, 0.5) is 5.13 Å². The summed E-state index contributed by atoms with van der Waals surface area (Å²) in [6, 6.07) is 11.0. The van der Waals surface area contributed by atoms with E-state index < -0.39 is 0 Å². The van der Waals surface area contributed by atoms with Gasteiger partial charge in [0.15, 0.2) is 5.13 Å². The Kier molecular flexibility index (Phi) is 4.60. The van der Waals surface area contributed by atoms with Crippen LogP contribution in [0.3, 0.4) is 0 Å². The lowest BCUT2D eigenvalue weighted by atomic mass is 10.2. The van der Waals surface area contributed by atoms with Crippen LogP contribution in [0.25, 0.3) is 5.65 Å². The van der Waals surface area contributed by atoms with Crippen molar-refractivity contribution in [3.8, 4) is 5.75 Å². The minimum atomic E-state index is -0.188. The summed E-state index contributed by atoms with van der Waals surface area (Å²) in [7, 11) is 0. The van der Waals surface area contributed by atoms with Gasteiger partial charge in [-0.2, -0.15) is 0 Å². The highest BCUT2D eigenvalue weighted by molar-refractivity contribution is 7.15. The Hall–Kier alpha value is -3.19. The first-order valence-electron chi connectivity index (χ1n) is 8.48. The van der Waals surface area contributed by atoms with Crippen molar-refractivity contribution in [2.45, 2.75) is 20.5 Å². The molecule has 0 saturated heterocycles. The van der Waals surface area contributed by atoms with Gasteiger partial charge in [0.1, 0.15) is 18.0 Å². The third-order valence-electron chi connectivity index (χ3n) is 3.99. The molecule has 3 aromatic heterocycles. The number of imidazole rings is 1. The standard InChI is InChI=1S/C20H18N4O2S/c1-13-3-8-18-22-16(11-24(18)10-13)12-26-17-6-4-15(5-7-17)19(25)23-20-21-9-14(2)27-20/h3-11H,12H2,1-2H3,(H,21,23,25). The first kappa shape index (κ1) is 17.2. The van der Waals surface area contributed by atoms with Crippen molar-refractivity contribution in [2.24, 2.45) is 0 Å².